The Morgan fingerprint density at radius 1 is 1.67 bits per heavy atom. The average Bonchev–Trinajstić information content (AvgIpc) is 1.77. The van der Waals surface area contributed by atoms with Crippen LogP contribution in [0.5, 0.6) is 0 Å². The molecule has 0 fully saturated rings. The van der Waals surface area contributed by atoms with E-state index >= 15 is 0 Å². The number of rotatable bonds is 0. The summed E-state index contributed by atoms with van der Waals surface area (Å²) >= 11 is 0. The van der Waals surface area contributed by atoms with Gasteiger partial charge >= 0.3 is 0 Å². The molecule has 1 atom stereocenters. The standard InChI is InChI=1S/C6H7NP.Rf/c1-5-3-2-4-7-6(5)8;/h3-4H,8H2,1H3;/q-1;. The van der Waals surface area contributed by atoms with Crippen LogP contribution in [0.3, 0.4) is 0 Å². The number of nitrogens with zero attached hydrogens (tertiary/aromatic N) is 1. The molecule has 0 aliphatic heterocycles. The number of aromatic nitrogens is 1. The Morgan fingerprint density at radius 3 is 2.67 bits per heavy atom. The van der Waals surface area contributed by atoms with Crippen LogP contribution in [-0.4, -0.2) is 4.98 Å². The molecule has 0 amide bonds. The Labute approximate surface area is 51.3 Å². The summed E-state index contributed by atoms with van der Waals surface area (Å²) in [5, 5.41) is 0. The monoisotopic (exact) mass is 391 g/mol. The van der Waals surface area contributed by atoms with Crippen LogP contribution >= 0.6 is 9.24 Å². The summed E-state index contributed by atoms with van der Waals surface area (Å²) in [6, 6.07) is 4.79. The summed E-state index contributed by atoms with van der Waals surface area (Å²) in [5.74, 6) is 0. The van der Waals surface area contributed by atoms with Crippen molar-refractivity contribution in [2.75, 3.05) is 0 Å². The molecular formula is C6H7NPRf-. The number of pyridine rings is 1. The summed E-state index contributed by atoms with van der Waals surface area (Å²) in [6.07, 6.45) is 1.66. The summed E-state index contributed by atoms with van der Waals surface area (Å²) in [6.45, 7) is 2.01. The molecule has 9 heavy (non-hydrogen) atoms. The second-order valence-corrected chi connectivity index (χ2v) is 2.18. The van der Waals surface area contributed by atoms with Crippen LogP contribution in [0.2, 0.25) is 0 Å². The molecule has 1 aromatic heterocycles. The van der Waals surface area contributed by atoms with Gasteiger partial charge in [-0.25, -0.2) is 12.1 Å². The molecule has 0 aromatic carbocycles. The molecule has 0 saturated carbocycles. The molecule has 0 radical (unpaired) electrons. The van der Waals surface area contributed by atoms with Gasteiger partial charge in [0.2, 0.25) is 0 Å². The third-order valence-corrected chi connectivity index (χ3v) is 1.59. The van der Waals surface area contributed by atoms with Crippen LogP contribution in [0.1, 0.15) is 5.56 Å². The van der Waals surface area contributed by atoms with E-state index in [0.717, 1.165) is 11.0 Å². The van der Waals surface area contributed by atoms with Crippen LogP contribution in [0, 0.1) is 13.0 Å². The Hall–Kier alpha value is -1.42. The third kappa shape index (κ3) is 1.50. The maximum Gasteiger partial charge on any atom is 0 e. The van der Waals surface area contributed by atoms with E-state index < -0.39 is 0 Å². The van der Waals surface area contributed by atoms with Crippen molar-refractivity contribution < 1.29 is 0 Å². The van der Waals surface area contributed by atoms with Crippen LogP contribution in [0.25, 0.3) is 0 Å². The molecule has 3 heteroatoms. The minimum atomic E-state index is 0. The number of hydrogen-bond acceptors (Lipinski definition) is 1. The quantitative estimate of drug-likeness (QED) is 0.469. The van der Waals surface area contributed by atoms with E-state index in [4.69, 9.17) is 0 Å². The van der Waals surface area contributed by atoms with Gasteiger partial charge in [0.15, 0.2) is 0 Å². The predicted molar refractivity (Wildman–Crippen MR) is 37.2 cm³/mol. The van der Waals surface area contributed by atoms with E-state index in [0.29, 0.717) is 0 Å². The van der Waals surface area contributed by atoms with Gasteiger partial charge in [0, 0.05) is 0 Å². The van der Waals surface area contributed by atoms with Gasteiger partial charge in [-0.3, -0.25) is 4.98 Å². The molecule has 1 nitrogen and oxygen atoms in total. The van der Waals surface area contributed by atoms with Gasteiger partial charge in [0.05, 0.1) is 0 Å². The first-order chi connectivity index (χ1) is 3.80. The molecule has 0 N–H and O–H groups in total. The SMILES string of the molecule is Cc1c[c-]cnc1P.[Rf]. The molecule has 0 aliphatic rings. The molecule has 0 bridgehead atoms. The summed E-state index contributed by atoms with van der Waals surface area (Å²) in [7, 11) is 2.56. The van der Waals surface area contributed by atoms with E-state index in [2.05, 4.69) is 20.3 Å². The summed E-state index contributed by atoms with van der Waals surface area (Å²) in [5.41, 5.74) is 2.17. The van der Waals surface area contributed by atoms with Crippen molar-refractivity contribution in [1.82, 2.24) is 4.98 Å². The Balaban J connectivity index is 0.000000640. The molecule has 44 valence electrons. The first-order valence-electron chi connectivity index (χ1n) is 2.39. The number of aryl methyl sites for hydroxylation is 1. The van der Waals surface area contributed by atoms with E-state index in [9.17, 15) is 0 Å². The van der Waals surface area contributed by atoms with Crippen LogP contribution in [-0.2, 0) is 0 Å². The zero-order chi connectivity index (χ0) is 5.98. The minimum Gasteiger partial charge on any atom is -0.296 e. The normalized spacial score (nSPS) is 8.22. The fraction of sp³-hybridized carbons (Fsp3) is 0.167. The molecule has 0 aliphatic carbocycles. The van der Waals surface area contributed by atoms with Gasteiger partial charge in [-0.05, 0) is 5.44 Å². The molecular weight excluding hydrogens is 384 g/mol. The van der Waals surface area contributed by atoms with Crippen LogP contribution in [0.15, 0.2) is 12.3 Å². The fourth-order valence-corrected chi connectivity index (χ4v) is 0.603. The molecule has 1 aromatic rings. The Bertz CT molecular complexity index is 169. The van der Waals surface area contributed by atoms with Gasteiger partial charge in [-0.15, -0.1) is 16.2 Å². The van der Waals surface area contributed by atoms with Gasteiger partial charge in [-0.2, -0.15) is 5.56 Å². The zero-order valence-electron chi connectivity index (χ0n) is 5.39. The maximum absolute atomic E-state index is 3.99. The fourth-order valence-electron chi connectivity index (χ4n) is 0.445. The van der Waals surface area contributed by atoms with Crippen molar-refractivity contribution in [3.8, 4) is 0 Å². The van der Waals surface area contributed by atoms with Gasteiger partial charge in [0.1, 0.15) is 0 Å². The third-order valence-electron chi connectivity index (χ3n) is 0.982. The predicted octanol–water partition coefficient (Wildman–Crippen LogP) is 0.691. The van der Waals surface area contributed by atoms with Crippen molar-refractivity contribution in [1.29, 1.82) is 0 Å². The number of hydrogen-bond donors (Lipinski definition) is 0. The maximum atomic E-state index is 3.99. The van der Waals surface area contributed by atoms with E-state index in [-0.39, 0.29) is 0 Å². The van der Waals surface area contributed by atoms with Crippen molar-refractivity contribution in [3.63, 3.8) is 0 Å². The second kappa shape index (κ2) is 2.78. The molecule has 0 saturated heterocycles. The van der Waals surface area contributed by atoms with Crippen molar-refractivity contribution >= 4 is 14.7 Å². The summed E-state index contributed by atoms with van der Waals surface area (Å²) in [4.78, 5) is 3.99. The first-order valence-corrected chi connectivity index (χ1v) is 2.96. The van der Waals surface area contributed by atoms with Gasteiger partial charge in [-0.1, -0.05) is 6.20 Å². The van der Waals surface area contributed by atoms with Gasteiger partial charge < -0.3 is 0 Å². The Kier molecular flexibility index (Phi) is 2.34. The largest absolute Gasteiger partial charge is 0.296 e. The average molecular weight is 391 g/mol. The summed E-state index contributed by atoms with van der Waals surface area (Å²) < 4.78 is 0. The molecule has 1 unspecified atom stereocenters. The van der Waals surface area contributed by atoms with Crippen molar-refractivity contribution in [3.05, 3.63) is 23.9 Å². The van der Waals surface area contributed by atoms with E-state index in [1.54, 1.807) is 6.20 Å². The van der Waals surface area contributed by atoms with E-state index in [1.165, 1.54) is 0 Å². The van der Waals surface area contributed by atoms with Crippen molar-refractivity contribution in [2.45, 2.75) is 6.92 Å². The first kappa shape index (κ1) is 7.58. The zero-order valence-corrected chi connectivity index (χ0v) is 12.9. The minimum absolute atomic E-state index is 0. The van der Waals surface area contributed by atoms with Gasteiger partial charge in [0.25, 0.3) is 0 Å². The molecule has 0 spiro atoms. The van der Waals surface area contributed by atoms with Crippen LogP contribution in [0.4, 0.5) is 0 Å². The van der Waals surface area contributed by atoms with E-state index in [1.807, 2.05) is 13.0 Å². The Morgan fingerprint density at radius 2 is 2.33 bits per heavy atom. The molecule has 1 heterocycles. The van der Waals surface area contributed by atoms with Crippen LogP contribution < -0.4 is 5.44 Å². The second-order valence-electron chi connectivity index (χ2n) is 1.64. The topological polar surface area (TPSA) is 12.9 Å². The van der Waals surface area contributed by atoms with Crippen molar-refractivity contribution in [2.24, 2.45) is 0 Å². The smallest absolute Gasteiger partial charge is 0 e. The molecule has 1 rings (SSSR count).